The van der Waals surface area contributed by atoms with E-state index in [-0.39, 0.29) is 5.57 Å². The van der Waals surface area contributed by atoms with E-state index in [2.05, 4.69) is 0 Å². The summed E-state index contributed by atoms with van der Waals surface area (Å²) in [5.74, 6) is -1.16. The van der Waals surface area contributed by atoms with E-state index in [1.165, 1.54) is 20.2 Å². The van der Waals surface area contributed by atoms with Gasteiger partial charge in [-0.05, 0) is 24.1 Å². The Morgan fingerprint density at radius 1 is 0.952 bits per heavy atom. The molecular formula is C16H16N2O3. The van der Waals surface area contributed by atoms with Crippen molar-refractivity contribution >= 4 is 23.9 Å². The highest BCUT2D eigenvalue weighted by molar-refractivity contribution is 6.28. The Morgan fingerprint density at radius 2 is 1.48 bits per heavy atom. The van der Waals surface area contributed by atoms with Gasteiger partial charge in [-0.2, -0.15) is 0 Å². The number of carbonyl (C=O) groups is 3. The van der Waals surface area contributed by atoms with Crippen molar-refractivity contribution in [1.82, 2.24) is 9.80 Å². The summed E-state index contributed by atoms with van der Waals surface area (Å²) in [5.41, 5.74) is 1.72. The molecular weight excluding hydrogens is 268 g/mol. The van der Waals surface area contributed by atoms with Crippen LogP contribution >= 0.6 is 0 Å². The van der Waals surface area contributed by atoms with Gasteiger partial charge in [0.15, 0.2) is 0 Å². The number of rotatable bonds is 2. The van der Waals surface area contributed by atoms with Gasteiger partial charge in [-0.25, -0.2) is 4.79 Å². The van der Waals surface area contributed by atoms with E-state index in [9.17, 15) is 14.4 Å². The number of urea groups is 1. The van der Waals surface area contributed by atoms with E-state index in [4.69, 9.17) is 0 Å². The van der Waals surface area contributed by atoms with Crippen LogP contribution in [0.1, 0.15) is 12.5 Å². The van der Waals surface area contributed by atoms with Crippen molar-refractivity contribution in [2.45, 2.75) is 6.92 Å². The minimum absolute atomic E-state index is 0.00992. The number of nitrogens with zero attached hydrogens (tertiary/aromatic N) is 2. The first-order valence-electron chi connectivity index (χ1n) is 6.47. The van der Waals surface area contributed by atoms with Crippen molar-refractivity contribution in [3.05, 3.63) is 53.1 Å². The van der Waals surface area contributed by atoms with E-state index in [1.54, 1.807) is 6.92 Å². The lowest BCUT2D eigenvalue weighted by atomic mass is 10.1. The Hall–Kier alpha value is -2.69. The second-order valence-electron chi connectivity index (χ2n) is 4.87. The smallest absolute Gasteiger partial charge is 0.268 e. The minimum atomic E-state index is -0.619. The number of barbiturate groups is 1. The van der Waals surface area contributed by atoms with E-state index in [0.717, 1.165) is 20.9 Å². The molecule has 4 amide bonds. The molecule has 5 heteroatoms. The molecule has 1 aromatic carbocycles. The largest absolute Gasteiger partial charge is 0.333 e. The summed E-state index contributed by atoms with van der Waals surface area (Å²) in [5, 5.41) is 0. The maximum Gasteiger partial charge on any atom is 0.333 e. The van der Waals surface area contributed by atoms with E-state index >= 15 is 0 Å². The Morgan fingerprint density at radius 3 is 2.00 bits per heavy atom. The van der Waals surface area contributed by atoms with Gasteiger partial charge in [0.05, 0.1) is 0 Å². The third-order valence-electron chi connectivity index (χ3n) is 3.21. The molecule has 1 fully saturated rings. The standard InChI is InChI=1S/C16H16N2O3/c1-11(9-12-7-5-4-6-8-12)10-13-14(19)17(2)16(21)18(3)15(13)20/h4-10H,1-3H3/b11-9-. The quantitative estimate of drug-likeness (QED) is 0.617. The van der Waals surface area contributed by atoms with Crippen molar-refractivity contribution in [2.75, 3.05) is 14.1 Å². The molecule has 0 atom stereocenters. The van der Waals surface area contributed by atoms with Crippen LogP contribution in [0.15, 0.2) is 47.6 Å². The van der Waals surface area contributed by atoms with Crippen molar-refractivity contribution in [3.8, 4) is 0 Å². The summed E-state index contributed by atoms with van der Waals surface area (Å²) in [6, 6.07) is 8.95. The van der Waals surface area contributed by atoms with Crippen LogP contribution in [-0.2, 0) is 9.59 Å². The van der Waals surface area contributed by atoms with Crippen molar-refractivity contribution in [2.24, 2.45) is 0 Å². The highest BCUT2D eigenvalue weighted by Crippen LogP contribution is 2.17. The first kappa shape index (κ1) is 14.7. The lowest BCUT2D eigenvalue weighted by Crippen LogP contribution is -2.53. The molecule has 1 aliphatic heterocycles. The Balaban J connectivity index is 2.35. The van der Waals surface area contributed by atoms with Gasteiger partial charge >= 0.3 is 6.03 Å². The fourth-order valence-corrected chi connectivity index (χ4v) is 2.06. The zero-order valence-corrected chi connectivity index (χ0v) is 12.2. The molecule has 0 unspecified atom stereocenters. The molecule has 1 aromatic rings. The van der Waals surface area contributed by atoms with Gasteiger partial charge in [-0.1, -0.05) is 36.4 Å². The van der Waals surface area contributed by atoms with Crippen LogP contribution in [0.4, 0.5) is 4.79 Å². The lowest BCUT2D eigenvalue weighted by molar-refractivity contribution is -0.134. The summed E-state index contributed by atoms with van der Waals surface area (Å²) in [6.07, 6.45) is 3.38. The number of hydrogen-bond acceptors (Lipinski definition) is 3. The SMILES string of the molecule is C/C(C=C1C(=O)N(C)C(=O)N(C)C1=O)=C/c1ccccc1. The summed E-state index contributed by atoms with van der Waals surface area (Å²) in [6.45, 7) is 1.80. The van der Waals surface area contributed by atoms with Gasteiger partial charge in [0.2, 0.25) is 0 Å². The van der Waals surface area contributed by atoms with Gasteiger partial charge in [-0.15, -0.1) is 0 Å². The first-order chi connectivity index (χ1) is 9.91. The van der Waals surface area contributed by atoms with Crippen LogP contribution in [0, 0.1) is 0 Å². The molecule has 0 aliphatic carbocycles. The van der Waals surface area contributed by atoms with Crippen molar-refractivity contribution < 1.29 is 14.4 Å². The first-order valence-corrected chi connectivity index (χ1v) is 6.47. The molecule has 108 valence electrons. The molecule has 0 saturated carbocycles. The summed E-state index contributed by atoms with van der Waals surface area (Å²) < 4.78 is 0. The predicted octanol–water partition coefficient (Wildman–Crippen LogP) is 2.07. The van der Waals surface area contributed by atoms with E-state index in [1.807, 2.05) is 36.4 Å². The molecule has 0 bridgehead atoms. The van der Waals surface area contributed by atoms with Crippen LogP contribution in [0.3, 0.4) is 0 Å². The van der Waals surface area contributed by atoms with Gasteiger partial charge in [0.25, 0.3) is 11.8 Å². The Labute approximate surface area is 123 Å². The molecule has 2 rings (SSSR count). The predicted molar refractivity (Wildman–Crippen MR) is 79.1 cm³/mol. The van der Waals surface area contributed by atoms with Gasteiger partial charge < -0.3 is 0 Å². The molecule has 5 nitrogen and oxygen atoms in total. The van der Waals surface area contributed by atoms with Crippen molar-refractivity contribution in [3.63, 3.8) is 0 Å². The Kier molecular flexibility index (Phi) is 4.03. The summed E-state index contributed by atoms with van der Waals surface area (Å²) >= 11 is 0. The highest BCUT2D eigenvalue weighted by atomic mass is 16.2. The molecule has 0 spiro atoms. The van der Waals surface area contributed by atoms with Crippen LogP contribution in [0.25, 0.3) is 6.08 Å². The maximum atomic E-state index is 12.0. The number of hydrogen-bond donors (Lipinski definition) is 0. The number of carbonyl (C=O) groups excluding carboxylic acids is 3. The van der Waals surface area contributed by atoms with Gasteiger partial charge in [0, 0.05) is 14.1 Å². The average Bonchev–Trinajstić information content (AvgIpc) is 2.48. The number of imide groups is 2. The normalized spacial score (nSPS) is 16.6. The highest BCUT2D eigenvalue weighted by Gasteiger charge is 2.37. The van der Waals surface area contributed by atoms with Crippen LogP contribution in [0.2, 0.25) is 0 Å². The van der Waals surface area contributed by atoms with E-state index < -0.39 is 17.8 Å². The molecule has 0 N–H and O–H groups in total. The number of allylic oxidation sites excluding steroid dienone is 2. The number of amides is 4. The van der Waals surface area contributed by atoms with Gasteiger partial charge in [0.1, 0.15) is 5.57 Å². The second-order valence-corrected chi connectivity index (χ2v) is 4.87. The molecule has 0 radical (unpaired) electrons. The minimum Gasteiger partial charge on any atom is -0.268 e. The summed E-state index contributed by atoms with van der Waals surface area (Å²) in [4.78, 5) is 37.6. The zero-order chi connectivity index (χ0) is 15.6. The average molecular weight is 284 g/mol. The zero-order valence-electron chi connectivity index (χ0n) is 12.2. The van der Waals surface area contributed by atoms with Crippen LogP contribution in [0.5, 0.6) is 0 Å². The monoisotopic (exact) mass is 284 g/mol. The van der Waals surface area contributed by atoms with Gasteiger partial charge in [-0.3, -0.25) is 19.4 Å². The molecule has 0 aromatic heterocycles. The topological polar surface area (TPSA) is 57.7 Å². The Bertz CT molecular complexity index is 633. The maximum absolute atomic E-state index is 12.0. The van der Waals surface area contributed by atoms with Crippen molar-refractivity contribution in [1.29, 1.82) is 0 Å². The lowest BCUT2D eigenvalue weighted by Gasteiger charge is -2.28. The second kappa shape index (κ2) is 5.75. The molecule has 1 heterocycles. The molecule has 1 saturated heterocycles. The summed E-state index contributed by atoms with van der Waals surface area (Å²) in [7, 11) is 2.72. The molecule has 21 heavy (non-hydrogen) atoms. The third kappa shape index (κ3) is 2.91. The third-order valence-corrected chi connectivity index (χ3v) is 3.21. The number of likely N-dealkylation sites (N-methyl/N-ethyl adjacent to an activating group) is 2. The van der Waals surface area contributed by atoms with Crippen LogP contribution < -0.4 is 0 Å². The number of benzene rings is 1. The molecule has 1 aliphatic rings. The fraction of sp³-hybridized carbons (Fsp3) is 0.188. The fourth-order valence-electron chi connectivity index (χ4n) is 2.06. The van der Waals surface area contributed by atoms with Crippen LogP contribution in [-0.4, -0.2) is 41.7 Å². The van der Waals surface area contributed by atoms with E-state index in [0.29, 0.717) is 0 Å².